The van der Waals surface area contributed by atoms with Crippen molar-refractivity contribution in [2.75, 3.05) is 39.5 Å². The van der Waals surface area contributed by atoms with Gasteiger partial charge in [0.25, 0.3) is 0 Å². The Morgan fingerprint density at radius 2 is 1.61 bits per heavy atom. The molecule has 3 amide bonds. The van der Waals surface area contributed by atoms with E-state index < -0.39 is 11.5 Å². The van der Waals surface area contributed by atoms with Crippen molar-refractivity contribution in [3.8, 4) is 0 Å². The summed E-state index contributed by atoms with van der Waals surface area (Å²) in [5, 5.41) is 0. The van der Waals surface area contributed by atoms with Gasteiger partial charge >= 0.3 is 0 Å². The van der Waals surface area contributed by atoms with Crippen LogP contribution in [0.3, 0.4) is 0 Å². The van der Waals surface area contributed by atoms with E-state index in [2.05, 4.69) is 0 Å². The summed E-state index contributed by atoms with van der Waals surface area (Å²) in [6, 6.07) is -0.323. The molecule has 0 spiro atoms. The molecule has 3 fully saturated rings. The largest absolute Gasteiger partial charge is 0.377 e. The number of rotatable bonds is 6. The summed E-state index contributed by atoms with van der Waals surface area (Å²) in [6.45, 7) is 22.6. The maximum absolute atomic E-state index is 14.1. The lowest BCUT2D eigenvalue weighted by Gasteiger charge is -2.50. The van der Waals surface area contributed by atoms with Gasteiger partial charge in [-0.3, -0.25) is 14.4 Å². The van der Waals surface area contributed by atoms with Gasteiger partial charge in [0.05, 0.1) is 67.7 Å². The summed E-state index contributed by atoms with van der Waals surface area (Å²) in [5.74, 6) is -0.162. The van der Waals surface area contributed by atoms with E-state index in [0.717, 1.165) is 0 Å². The van der Waals surface area contributed by atoms with Crippen molar-refractivity contribution in [3.63, 3.8) is 0 Å². The lowest BCUT2D eigenvalue weighted by molar-refractivity contribution is -0.180. The van der Waals surface area contributed by atoms with Crippen LogP contribution in [0.1, 0.15) is 75.7 Å². The lowest BCUT2D eigenvalue weighted by atomic mass is 9.81. The third-order valence-corrected chi connectivity index (χ3v) is 8.72. The van der Waals surface area contributed by atoms with Gasteiger partial charge in [-0.1, -0.05) is 20.8 Å². The first kappa shape index (κ1) is 30.8. The molecule has 0 radical (unpaired) electrons. The molecule has 0 aliphatic carbocycles. The van der Waals surface area contributed by atoms with Crippen molar-refractivity contribution in [3.05, 3.63) is 0 Å². The number of carbonyl (C=O) groups is 3. The Morgan fingerprint density at radius 3 is 2.21 bits per heavy atom. The minimum atomic E-state index is -0.834. The number of ether oxygens (including phenoxy) is 3. The molecule has 3 heterocycles. The van der Waals surface area contributed by atoms with Crippen LogP contribution in [0, 0.1) is 17.3 Å². The van der Waals surface area contributed by atoms with Crippen LogP contribution in [-0.4, -0.2) is 108 Å². The quantitative estimate of drug-likeness (QED) is 0.518. The first-order valence-electron chi connectivity index (χ1n) is 14.3. The summed E-state index contributed by atoms with van der Waals surface area (Å²) in [6.07, 6.45) is -0.114. The molecule has 0 saturated carbocycles. The van der Waals surface area contributed by atoms with Crippen molar-refractivity contribution in [1.82, 2.24) is 14.7 Å². The van der Waals surface area contributed by atoms with E-state index in [4.69, 9.17) is 14.2 Å². The van der Waals surface area contributed by atoms with Crippen molar-refractivity contribution in [1.29, 1.82) is 0 Å². The highest BCUT2D eigenvalue weighted by molar-refractivity contribution is 5.84. The van der Waals surface area contributed by atoms with Crippen LogP contribution in [0.5, 0.6) is 0 Å². The molecule has 0 aromatic heterocycles. The van der Waals surface area contributed by atoms with Gasteiger partial charge in [0.2, 0.25) is 17.7 Å². The molecular formula is C29H51N3O6. The highest BCUT2D eigenvalue weighted by atomic mass is 16.5. The minimum absolute atomic E-state index is 0.00408. The average molecular weight is 538 g/mol. The Balaban J connectivity index is 1.72. The Kier molecular flexibility index (Phi) is 9.58. The molecule has 0 N–H and O–H groups in total. The van der Waals surface area contributed by atoms with Crippen molar-refractivity contribution in [2.24, 2.45) is 17.3 Å². The summed E-state index contributed by atoms with van der Waals surface area (Å²) in [7, 11) is 0. The van der Waals surface area contributed by atoms with Gasteiger partial charge in [0, 0.05) is 24.9 Å². The van der Waals surface area contributed by atoms with Crippen molar-refractivity contribution >= 4 is 17.7 Å². The van der Waals surface area contributed by atoms with E-state index >= 15 is 0 Å². The SMILES string of the molecule is CC(C)C(=O)N1CC(C(C)(C)C(=O)N2[C@H](C)C(CC(C)C(=O)N3CCOCC3(C)C)OC[C@@H]2C)OC[C@H]1C. The first-order chi connectivity index (χ1) is 17.6. The van der Waals surface area contributed by atoms with Crippen LogP contribution in [0.15, 0.2) is 0 Å². The van der Waals surface area contributed by atoms with E-state index in [0.29, 0.717) is 45.9 Å². The smallest absolute Gasteiger partial charge is 0.231 e. The molecule has 3 aliphatic heterocycles. The van der Waals surface area contributed by atoms with Crippen LogP contribution in [0.2, 0.25) is 0 Å². The number of nitrogens with zero attached hydrogens (tertiary/aromatic N) is 3. The maximum atomic E-state index is 14.1. The molecule has 218 valence electrons. The second kappa shape index (κ2) is 11.8. The predicted octanol–water partition coefficient (Wildman–Crippen LogP) is 2.95. The second-order valence-electron chi connectivity index (χ2n) is 13.2. The monoisotopic (exact) mass is 537 g/mol. The Hall–Kier alpha value is -1.71. The Labute approximate surface area is 229 Å². The van der Waals surface area contributed by atoms with Crippen LogP contribution >= 0.6 is 0 Å². The van der Waals surface area contributed by atoms with E-state index in [1.54, 1.807) is 0 Å². The fourth-order valence-electron chi connectivity index (χ4n) is 6.00. The van der Waals surface area contributed by atoms with Gasteiger partial charge < -0.3 is 28.9 Å². The van der Waals surface area contributed by atoms with Gasteiger partial charge in [-0.2, -0.15) is 0 Å². The normalized spacial score (nSPS) is 31.3. The topological polar surface area (TPSA) is 88.6 Å². The summed E-state index contributed by atoms with van der Waals surface area (Å²) in [5.41, 5.74) is -1.18. The first-order valence-corrected chi connectivity index (χ1v) is 14.3. The lowest BCUT2D eigenvalue weighted by Crippen LogP contribution is -2.64. The number of amides is 3. The highest BCUT2D eigenvalue weighted by Crippen LogP contribution is 2.35. The van der Waals surface area contributed by atoms with Crippen LogP contribution in [-0.2, 0) is 28.6 Å². The minimum Gasteiger partial charge on any atom is -0.377 e. The zero-order chi connectivity index (χ0) is 28.6. The summed E-state index contributed by atoms with van der Waals surface area (Å²) >= 11 is 0. The van der Waals surface area contributed by atoms with Crippen molar-refractivity contribution < 1.29 is 28.6 Å². The summed E-state index contributed by atoms with van der Waals surface area (Å²) < 4.78 is 18.0. The Bertz CT molecular complexity index is 874. The van der Waals surface area contributed by atoms with Crippen LogP contribution < -0.4 is 0 Å². The molecular weight excluding hydrogens is 486 g/mol. The number of hydrogen-bond donors (Lipinski definition) is 0. The average Bonchev–Trinajstić information content (AvgIpc) is 2.84. The summed E-state index contributed by atoms with van der Waals surface area (Å²) in [4.78, 5) is 46.1. The maximum Gasteiger partial charge on any atom is 0.231 e. The molecule has 38 heavy (non-hydrogen) atoms. The third-order valence-electron chi connectivity index (χ3n) is 8.72. The molecule has 3 rings (SSSR count). The molecule has 0 aromatic rings. The third kappa shape index (κ3) is 6.20. The fraction of sp³-hybridized carbons (Fsp3) is 0.897. The molecule has 0 aromatic carbocycles. The second-order valence-corrected chi connectivity index (χ2v) is 13.2. The van der Waals surface area contributed by atoms with Crippen molar-refractivity contribution in [2.45, 2.75) is 112 Å². The van der Waals surface area contributed by atoms with E-state index in [1.807, 2.05) is 83.9 Å². The van der Waals surface area contributed by atoms with Gasteiger partial charge in [-0.05, 0) is 54.9 Å². The molecule has 0 bridgehead atoms. The van der Waals surface area contributed by atoms with Crippen LogP contribution in [0.25, 0.3) is 0 Å². The molecule has 3 aliphatic rings. The number of hydrogen-bond acceptors (Lipinski definition) is 6. The highest BCUT2D eigenvalue weighted by Gasteiger charge is 2.49. The van der Waals surface area contributed by atoms with Crippen LogP contribution in [0.4, 0.5) is 0 Å². The molecule has 6 atom stereocenters. The number of carbonyl (C=O) groups excluding carboxylic acids is 3. The van der Waals surface area contributed by atoms with Gasteiger partial charge in [-0.15, -0.1) is 0 Å². The molecule has 9 nitrogen and oxygen atoms in total. The fourth-order valence-corrected chi connectivity index (χ4v) is 6.00. The van der Waals surface area contributed by atoms with E-state index in [1.165, 1.54) is 0 Å². The zero-order valence-electron chi connectivity index (χ0n) is 25.3. The standard InChI is InChI=1S/C29H51N3O6/c1-18(2)25(33)30-14-24(38-15-20(30)4)29(9,10)27(35)32-21(5)16-37-23(22(32)6)13-19(3)26(34)31-11-12-36-17-28(31,7)8/h18-24H,11-17H2,1-10H3/t19?,20-,21+,22-,23?,24?/m1/s1. The predicted molar refractivity (Wildman–Crippen MR) is 145 cm³/mol. The van der Waals surface area contributed by atoms with E-state index in [-0.39, 0.29) is 59.3 Å². The van der Waals surface area contributed by atoms with Gasteiger partial charge in [0.1, 0.15) is 0 Å². The van der Waals surface area contributed by atoms with E-state index in [9.17, 15) is 14.4 Å². The Morgan fingerprint density at radius 1 is 0.974 bits per heavy atom. The molecule has 9 heteroatoms. The number of morpholine rings is 3. The van der Waals surface area contributed by atoms with Gasteiger partial charge in [0.15, 0.2) is 0 Å². The van der Waals surface area contributed by atoms with Gasteiger partial charge in [-0.25, -0.2) is 0 Å². The zero-order valence-corrected chi connectivity index (χ0v) is 25.3. The molecule has 3 unspecified atom stereocenters. The molecule has 3 saturated heterocycles.